The van der Waals surface area contributed by atoms with Crippen molar-refractivity contribution in [3.63, 3.8) is 0 Å². The van der Waals surface area contributed by atoms with Crippen molar-refractivity contribution >= 4 is 42.4 Å². The molecule has 0 spiro atoms. The molecular weight excluding hydrogens is 465 g/mol. The standard InChI is InChI=1S/C23H20FN3O4S2/c1-31-18-5-7-19(8-6-18)33(29,30)12-10-22(28)27(15-16-3-2-11-25-14-16)23-26-20-9-4-17(24)13-21(20)32-23/h2-9,11,13-14H,10,12,15H2,1H3. The van der Waals surface area contributed by atoms with Gasteiger partial charge in [0.1, 0.15) is 11.6 Å². The number of fused-ring (bicyclic) bond motifs is 1. The maximum Gasteiger partial charge on any atom is 0.230 e. The van der Waals surface area contributed by atoms with Crippen molar-refractivity contribution in [1.29, 1.82) is 0 Å². The first-order valence-corrected chi connectivity index (χ1v) is 12.4. The number of anilines is 1. The fourth-order valence-electron chi connectivity index (χ4n) is 3.20. The van der Waals surface area contributed by atoms with Gasteiger partial charge in [0.25, 0.3) is 0 Å². The van der Waals surface area contributed by atoms with Crippen LogP contribution in [-0.4, -0.2) is 37.2 Å². The largest absolute Gasteiger partial charge is 0.497 e. The summed E-state index contributed by atoms with van der Waals surface area (Å²) in [5.41, 5.74) is 1.32. The van der Waals surface area contributed by atoms with Crippen molar-refractivity contribution in [3.8, 4) is 5.75 Å². The molecule has 2 aromatic carbocycles. The molecule has 4 aromatic rings. The summed E-state index contributed by atoms with van der Waals surface area (Å²) in [5, 5.41) is 0.367. The van der Waals surface area contributed by atoms with E-state index in [0.717, 1.165) is 5.56 Å². The summed E-state index contributed by atoms with van der Waals surface area (Å²) in [6.07, 6.45) is 3.01. The predicted octanol–water partition coefficient (Wildman–Crippen LogP) is 4.24. The Hall–Kier alpha value is -3.37. The Bertz CT molecular complexity index is 1370. The number of hydrogen-bond donors (Lipinski definition) is 0. The third kappa shape index (κ3) is 5.35. The van der Waals surface area contributed by atoms with Crippen LogP contribution in [0.15, 0.2) is 71.9 Å². The van der Waals surface area contributed by atoms with Crippen molar-refractivity contribution in [2.24, 2.45) is 0 Å². The van der Waals surface area contributed by atoms with E-state index in [4.69, 9.17) is 4.74 Å². The predicted molar refractivity (Wildman–Crippen MR) is 125 cm³/mol. The number of rotatable bonds is 8. The lowest BCUT2D eigenvalue weighted by atomic mass is 10.2. The monoisotopic (exact) mass is 485 g/mol. The molecule has 0 saturated carbocycles. The average molecular weight is 486 g/mol. The molecule has 0 atom stereocenters. The van der Waals surface area contributed by atoms with Crippen molar-refractivity contribution in [1.82, 2.24) is 9.97 Å². The number of hydrogen-bond acceptors (Lipinski definition) is 7. The van der Waals surface area contributed by atoms with Gasteiger partial charge in [0.15, 0.2) is 15.0 Å². The Morgan fingerprint density at radius 1 is 1.15 bits per heavy atom. The smallest absolute Gasteiger partial charge is 0.230 e. The number of pyridine rings is 1. The maximum absolute atomic E-state index is 13.6. The molecule has 0 fully saturated rings. The second-order valence-electron chi connectivity index (χ2n) is 7.19. The molecule has 0 aliphatic heterocycles. The molecule has 0 unspecified atom stereocenters. The van der Waals surface area contributed by atoms with Gasteiger partial charge in [0.05, 0.1) is 34.5 Å². The summed E-state index contributed by atoms with van der Waals surface area (Å²) >= 11 is 1.17. The molecule has 7 nitrogen and oxygen atoms in total. The molecule has 170 valence electrons. The van der Waals surface area contributed by atoms with Crippen LogP contribution in [0.2, 0.25) is 0 Å². The average Bonchev–Trinajstić information content (AvgIpc) is 3.24. The molecule has 1 amide bonds. The van der Waals surface area contributed by atoms with Crippen molar-refractivity contribution in [2.45, 2.75) is 17.9 Å². The van der Waals surface area contributed by atoms with E-state index in [1.54, 1.807) is 36.7 Å². The molecule has 2 aromatic heterocycles. The molecule has 2 heterocycles. The Morgan fingerprint density at radius 3 is 2.64 bits per heavy atom. The summed E-state index contributed by atoms with van der Waals surface area (Å²) in [5.74, 6) is -0.620. The highest BCUT2D eigenvalue weighted by atomic mass is 32.2. The molecule has 4 rings (SSSR count). The molecule has 0 bridgehead atoms. The first-order chi connectivity index (χ1) is 15.9. The minimum atomic E-state index is -3.68. The van der Waals surface area contributed by atoms with E-state index >= 15 is 0 Å². The van der Waals surface area contributed by atoms with E-state index in [1.807, 2.05) is 6.07 Å². The highest BCUT2D eigenvalue weighted by molar-refractivity contribution is 7.91. The van der Waals surface area contributed by atoms with Crippen LogP contribution in [0.5, 0.6) is 5.75 Å². The zero-order valence-electron chi connectivity index (χ0n) is 17.6. The van der Waals surface area contributed by atoms with Gasteiger partial charge in [-0.05, 0) is 54.1 Å². The number of amides is 1. The number of benzene rings is 2. The summed E-state index contributed by atoms with van der Waals surface area (Å²) < 4.78 is 44.8. The Kier molecular flexibility index (Phi) is 6.66. The fourth-order valence-corrected chi connectivity index (χ4v) is 5.43. The number of thiazole rings is 1. The van der Waals surface area contributed by atoms with Gasteiger partial charge in [0, 0.05) is 18.8 Å². The minimum Gasteiger partial charge on any atom is -0.497 e. The number of sulfone groups is 1. The Labute approximate surface area is 194 Å². The number of aromatic nitrogens is 2. The van der Waals surface area contributed by atoms with Gasteiger partial charge in [-0.3, -0.25) is 14.7 Å². The number of carbonyl (C=O) groups excluding carboxylic acids is 1. The van der Waals surface area contributed by atoms with E-state index in [0.29, 0.717) is 21.1 Å². The van der Waals surface area contributed by atoms with Crippen LogP contribution in [0.3, 0.4) is 0 Å². The molecule has 0 aliphatic rings. The van der Waals surface area contributed by atoms with Crippen molar-refractivity contribution in [2.75, 3.05) is 17.8 Å². The highest BCUT2D eigenvalue weighted by Gasteiger charge is 2.24. The third-order valence-electron chi connectivity index (χ3n) is 4.94. The molecule has 0 aliphatic carbocycles. The lowest BCUT2D eigenvalue weighted by molar-refractivity contribution is -0.118. The van der Waals surface area contributed by atoms with E-state index < -0.39 is 21.6 Å². The first kappa shape index (κ1) is 22.8. The van der Waals surface area contributed by atoms with Gasteiger partial charge in [0.2, 0.25) is 5.91 Å². The number of nitrogens with zero attached hydrogens (tertiary/aromatic N) is 3. The lowest BCUT2D eigenvalue weighted by Gasteiger charge is -2.20. The van der Waals surface area contributed by atoms with Crippen LogP contribution in [0.1, 0.15) is 12.0 Å². The zero-order chi connectivity index (χ0) is 23.4. The van der Waals surface area contributed by atoms with Crippen LogP contribution < -0.4 is 9.64 Å². The second-order valence-corrected chi connectivity index (χ2v) is 10.3. The summed E-state index contributed by atoms with van der Waals surface area (Å²) in [4.78, 5) is 23.3. The highest BCUT2D eigenvalue weighted by Crippen LogP contribution is 2.31. The fraction of sp³-hybridized carbons (Fsp3) is 0.174. The molecular formula is C23H20FN3O4S2. The molecule has 0 saturated heterocycles. The molecule has 0 N–H and O–H groups in total. The van der Waals surface area contributed by atoms with Crippen LogP contribution in [-0.2, 0) is 21.2 Å². The zero-order valence-corrected chi connectivity index (χ0v) is 19.3. The Balaban J connectivity index is 1.58. The number of halogens is 1. The molecule has 33 heavy (non-hydrogen) atoms. The number of carbonyl (C=O) groups is 1. The van der Waals surface area contributed by atoms with Crippen molar-refractivity contribution < 1.29 is 22.3 Å². The topological polar surface area (TPSA) is 89.5 Å². The van der Waals surface area contributed by atoms with E-state index in [-0.39, 0.29) is 23.6 Å². The van der Waals surface area contributed by atoms with Crippen molar-refractivity contribution in [3.05, 3.63) is 78.4 Å². The first-order valence-electron chi connectivity index (χ1n) is 9.98. The van der Waals surface area contributed by atoms with Gasteiger partial charge < -0.3 is 4.74 Å². The van der Waals surface area contributed by atoms with Crippen LogP contribution in [0, 0.1) is 5.82 Å². The normalized spacial score (nSPS) is 11.5. The minimum absolute atomic E-state index is 0.116. The van der Waals surface area contributed by atoms with E-state index in [2.05, 4.69) is 9.97 Å². The maximum atomic E-state index is 13.6. The number of methoxy groups -OCH3 is 1. The van der Waals surface area contributed by atoms with Gasteiger partial charge in [-0.2, -0.15) is 0 Å². The van der Waals surface area contributed by atoms with Gasteiger partial charge in [-0.15, -0.1) is 0 Å². The Morgan fingerprint density at radius 2 is 1.94 bits per heavy atom. The van der Waals surface area contributed by atoms with Gasteiger partial charge in [-0.25, -0.2) is 17.8 Å². The summed E-state index contributed by atoms with van der Waals surface area (Å²) in [6.45, 7) is 0.164. The van der Waals surface area contributed by atoms with Crippen LogP contribution >= 0.6 is 11.3 Å². The second kappa shape index (κ2) is 9.63. The van der Waals surface area contributed by atoms with Crippen LogP contribution in [0.4, 0.5) is 9.52 Å². The van der Waals surface area contributed by atoms with E-state index in [9.17, 15) is 17.6 Å². The SMILES string of the molecule is COc1ccc(S(=O)(=O)CCC(=O)N(Cc2cccnc2)c2nc3ccc(F)cc3s2)cc1. The summed E-state index contributed by atoms with van der Waals surface area (Å²) in [6, 6.07) is 13.8. The lowest BCUT2D eigenvalue weighted by Crippen LogP contribution is -2.31. The van der Waals surface area contributed by atoms with E-state index in [1.165, 1.54) is 47.6 Å². The quantitative estimate of drug-likeness (QED) is 0.371. The summed E-state index contributed by atoms with van der Waals surface area (Å²) in [7, 11) is -2.19. The molecule has 10 heteroatoms. The van der Waals surface area contributed by atoms with Crippen LogP contribution in [0.25, 0.3) is 10.2 Å². The van der Waals surface area contributed by atoms with Gasteiger partial charge >= 0.3 is 0 Å². The third-order valence-corrected chi connectivity index (χ3v) is 7.71. The van der Waals surface area contributed by atoms with Gasteiger partial charge in [-0.1, -0.05) is 17.4 Å². The number of ether oxygens (including phenoxy) is 1. The molecule has 0 radical (unpaired) electrons.